The fourth-order valence-corrected chi connectivity index (χ4v) is 2.40. The van der Waals surface area contributed by atoms with Crippen LogP contribution in [0.1, 0.15) is 18.4 Å². The van der Waals surface area contributed by atoms with Gasteiger partial charge >= 0.3 is 0 Å². The SMILES string of the molecule is Fc1ccc([C]2CC3(C2)OCCO3)cc1Cl. The summed E-state index contributed by atoms with van der Waals surface area (Å²) in [6.07, 6.45) is 1.52. The lowest BCUT2D eigenvalue weighted by Crippen LogP contribution is -2.44. The van der Waals surface area contributed by atoms with Crippen molar-refractivity contribution in [1.82, 2.24) is 0 Å². The lowest BCUT2D eigenvalue weighted by Gasteiger charge is -2.42. The molecule has 0 amide bonds. The fourth-order valence-electron chi connectivity index (χ4n) is 2.22. The van der Waals surface area contributed by atoms with Crippen molar-refractivity contribution in [2.75, 3.05) is 13.2 Å². The van der Waals surface area contributed by atoms with Gasteiger partial charge in [-0.25, -0.2) is 4.39 Å². The lowest BCUT2D eigenvalue weighted by atomic mass is 9.74. The van der Waals surface area contributed by atoms with Gasteiger partial charge in [-0.1, -0.05) is 17.7 Å². The van der Waals surface area contributed by atoms with Crippen LogP contribution in [0.4, 0.5) is 4.39 Å². The largest absolute Gasteiger partial charge is 0.347 e. The van der Waals surface area contributed by atoms with E-state index in [4.69, 9.17) is 21.1 Å². The van der Waals surface area contributed by atoms with Gasteiger partial charge in [0.05, 0.1) is 18.2 Å². The van der Waals surface area contributed by atoms with Crippen molar-refractivity contribution in [3.8, 4) is 0 Å². The Morgan fingerprint density at radius 2 is 1.88 bits per heavy atom. The predicted molar refractivity (Wildman–Crippen MR) is 57.6 cm³/mol. The van der Waals surface area contributed by atoms with E-state index in [-0.39, 0.29) is 10.8 Å². The summed E-state index contributed by atoms with van der Waals surface area (Å²) < 4.78 is 24.1. The molecule has 1 aromatic rings. The van der Waals surface area contributed by atoms with Crippen LogP contribution in [-0.2, 0) is 9.47 Å². The fraction of sp³-hybridized carbons (Fsp3) is 0.417. The van der Waals surface area contributed by atoms with Gasteiger partial charge in [-0.15, -0.1) is 0 Å². The van der Waals surface area contributed by atoms with Gasteiger partial charge < -0.3 is 9.47 Å². The highest BCUT2D eigenvalue weighted by atomic mass is 35.5. The van der Waals surface area contributed by atoms with E-state index in [1.54, 1.807) is 12.1 Å². The van der Waals surface area contributed by atoms with Gasteiger partial charge in [-0.3, -0.25) is 0 Å². The van der Waals surface area contributed by atoms with Crippen LogP contribution in [0.5, 0.6) is 0 Å². The molecule has 1 radical (unpaired) electrons. The van der Waals surface area contributed by atoms with Crippen molar-refractivity contribution in [2.24, 2.45) is 0 Å². The zero-order valence-electron chi connectivity index (χ0n) is 8.63. The molecule has 1 saturated heterocycles. The molecule has 1 aromatic carbocycles. The molecule has 4 heteroatoms. The van der Waals surface area contributed by atoms with Crippen molar-refractivity contribution in [1.29, 1.82) is 0 Å². The molecule has 3 rings (SSSR count). The third-order valence-corrected chi connectivity index (χ3v) is 3.40. The van der Waals surface area contributed by atoms with Crippen LogP contribution < -0.4 is 0 Å². The van der Waals surface area contributed by atoms with Crippen molar-refractivity contribution in [2.45, 2.75) is 18.6 Å². The minimum Gasteiger partial charge on any atom is -0.347 e. The van der Waals surface area contributed by atoms with Crippen molar-refractivity contribution in [3.63, 3.8) is 0 Å². The second kappa shape index (κ2) is 3.69. The minimum absolute atomic E-state index is 0.166. The smallest absolute Gasteiger partial charge is 0.170 e. The summed E-state index contributed by atoms with van der Waals surface area (Å²) in [6, 6.07) is 4.80. The van der Waals surface area contributed by atoms with Gasteiger partial charge in [-0.05, 0) is 17.7 Å². The van der Waals surface area contributed by atoms with Crippen LogP contribution in [0, 0.1) is 11.7 Å². The highest BCUT2D eigenvalue weighted by molar-refractivity contribution is 6.30. The maximum Gasteiger partial charge on any atom is 0.170 e. The Labute approximate surface area is 98.3 Å². The van der Waals surface area contributed by atoms with E-state index in [9.17, 15) is 4.39 Å². The van der Waals surface area contributed by atoms with Crippen LogP contribution >= 0.6 is 11.6 Å². The van der Waals surface area contributed by atoms with Crippen LogP contribution in [0.3, 0.4) is 0 Å². The van der Waals surface area contributed by atoms with Gasteiger partial charge in [0.25, 0.3) is 0 Å². The molecule has 85 valence electrons. The molecule has 0 bridgehead atoms. The van der Waals surface area contributed by atoms with Gasteiger partial charge in [-0.2, -0.15) is 0 Å². The van der Waals surface area contributed by atoms with Gasteiger partial charge in [0, 0.05) is 18.8 Å². The summed E-state index contributed by atoms with van der Waals surface area (Å²) in [5.74, 6) is 0.438. The third-order valence-electron chi connectivity index (χ3n) is 3.11. The monoisotopic (exact) mass is 241 g/mol. The molecule has 0 N–H and O–H groups in total. The predicted octanol–water partition coefficient (Wildman–Crippen LogP) is 2.94. The molecule has 0 unspecified atom stereocenters. The van der Waals surface area contributed by atoms with Crippen molar-refractivity contribution < 1.29 is 13.9 Å². The second-order valence-corrected chi connectivity index (χ2v) is 4.60. The number of ether oxygens (including phenoxy) is 2. The zero-order chi connectivity index (χ0) is 11.2. The molecule has 1 spiro atoms. The number of rotatable bonds is 1. The van der Waals surface area contributed by atoms with E-state index in [1.807, 2.05) is 0 Å². The second-order valence-electron chi connectivity index (χ2n) is 4.19. The van der Waals surface area contributed by atoms with Gasteiger partial charge in [0.15, 0.2) is 5.79 Å². The van der Waals surface area contributed by atoms with E-state index < -0.39 is 5.79 Å². The minimum atomic E-state index is -0.393. The average Bonchev–Trinajstić information content (AvgIpc) is 2.69. The number of benzene rings is 1. The molecule has 1 heterocycles. The van der Waals surface area contributed by atoms with E-state index in [0.717, 1.165) is 18.4 Å². The summed E-state index contributed by atoms with van der Waals surface area (Å²) in [5.41, 5.74) is 0.983. The molecular formula is C12H11ClFO2. The highest BCUT2D eigenvalue weighted by Gasteiger charge is 2.50. The van der Waals surface area contributed by atoms with Crippen molar-refractivity contribution >= 4 is 11.6 Å². The molecule has 1 saturated carbocycles. The first kappa shape index (κ1) is 10.5. The molecule has 2 aliphatic rings. The van der Waals surface area contributed by atoms with Crippen LogP contribution in [0.25, 0.3) is 0 Å². The summed E-state index contributed by atoms with van der Waals surface area (Å²) in [6.45, 7) is 1.33. The maximum absolute atomic E-state index is 13.0. The average molecular weight is 242 g/mol. The zero-order valence-corrected chi connectivity index (χ0v) is 9.39. The van der Waals surface area contributed by atoms with Crippen LogP contribution in [0.15, 0.2) is 18.2 Å². The maximum atomic E-state index is 13.0. The number of hydrogen-bond donors (Lipinski definition) is 0. The molecule has 16 heavy (non-hydrogen) atoms. The third kappa shape index (κ3) is 1.63. The normalized spacial score (nSPS) is 23.6. The first-order valence-electron chi connectivity index (χ1n) is 5.27. The molecule has 1 aliphatic heterocycles. The molecule has 2 fully saturated rings. The Bertz CT molecular complexity index is 407. The van der Waals surface area contributed by atoms with Crippen molar-refractivity contribution in [3.05, 3.63) is 40.5 Å². The van der Waals surface area contributed by atoms with E-state index in [2.05, 4.69) is 0 Å². The Morgan fingerprint density at radius 3 is 2.50 bits per heavy atom. The highest BCUT2D eigenvalue weighted by Crippen LogP contribution is 2.49. The van der Waals surface area contributed by atoms with Crippen LogP contribution in [-0.4, -0.2) is 19.0 Å². The molecule has 1 aliphatic carbocycles. The van der Waals surface area contributed by atoms with E-state index in [0.29, 0.717) is 13.2 Å². The first-order valence-corrected chi connectivity index (χ1v) is 5.64. The number of halogens is 2. The lowest BCUT2D eigenvalue weighted by molar-refractivity contribution is -0.192. The first-order chi connectivity index (χ1) is 7.69. The van der Waals surface area contributed by atoms with E-state index >= 15 is 0 Å². The Kier molecular flexibility index (Phi) is 2.42. The Hall–Kier alpha value is -0.640. The quantitative estimate of drug-likeness (QED) is 0.753. The topological polar surface area (TPSA) is 18.5 Å². The summed E-state index contributed by atoms with van der Waals surface area (Å²) in [7, 11) is 0. The summed E-state index contributed by atoms with van der Waals surface area (Å²) in [5, 5.41) is 0.166. The molecule has 2 nitrogen and oxygen atoms in total. The van der Waals surface area contributed by atoms with Gasteiger partial charge in [0.2, 0.25) is 0 Å². The van der Waals surface area contributed by atoms with E-state index in [1.165, 1.54) is 12.0 Å². The Balaban J connectivity index is 1.73. The summed E-state index contributed by atoms with van der Waals surface area (Å²) >= 11 is 5.74. The molecule has 0 atom stereocenters. The number of hydrogen-bond acceptors (Lipinski definition) is 2. The standard InChI is InChI=1S/C12H11ClFO2/c13-10-5-8(1-2-11(10)14)9-6-12(7-9)15-3-4-16-12/h1-2,5H,3-4,6-7H2. The van der Waals surface area contributed by atoms with Gasteiger partial charge in [0.1, 0.15) is 5.82 Å². The summed E-state index contributed by atoms with van der Waals surface area (Å²) in [4.78, 5) is 0. The Morgan fingerprint density at radius 1 is 1.19 bits per heavy atom. The molecular weight excluding hydrogens is 231 g/mol. The van der Waals surface area contributed by atoms with Crippen LogP contribution in [0.2, 0.25) is 5.02 Å². The molecule has 0 aromatic heterocycles.